The van der Waals surface area contributed by atoms with Gasteiger partial charge in [-0.05, 0) is 40.0 Å². The van der Waals surface area contributed by atoms with Crippen LogP contribution in [0.15, 0.2) is 36.4 Å². The minimum Gasteiger partial charge on any atom is -0.489 e. The van der Waals surface area contributed by atoms with E-state index in [0.29, 0.717) is 6.61 Å². The zero-order valence-electron chi connectivity index (χ0n) is 14.0. The van der Waals surface area contributed by atoms with Crippen LogP contribution >= 0.6 is 0 Å². The molecule has 1 aromatic carbocycles. The quantitative estimate of drug-likeness (QED) is 0.774. The summed E-state index contributed by atoms with van der Waals surface area (Å²) in [5.74, 6) is 7.33. The summed E-state index contributed by atoms with van der Waals surface area (Å²) in [5, 5.41) is 0. The number of likely N-dealkylation sites (N-methyl/N-ethyl adjacent to an activating group) is 1. The average Bonchev–Trinajstić information content (AvgIpc) is 2.46. The van der Waals surface area contributed by atoms with E-state index >= 15 is 0 Å². The molecule has 1 heterocycles. The highest BCUT2D eigenvalue weighted by atomic mass is 16.5. The van der Waals surface area contributed by atoms with Crippen molar-refractivity contribution in [3.63, 3.8) is 0 Å². The van der Waals surface area contributed by atoms with E-state index in [1.54, 1.807) is 0 Å². The number of benzene rings is 1. The Hall–Kier alpha value is -1.98. The molecular weight excluding hydrogens is 270 g/mol. The van der Waals surface area contributed by atoms with Gasteiger partial charge in [0, 0.05) is 29.6 Å². The maximum Gasteiger partial charge on any atom is 0.131 e. The summed E-state index contributed by atoms with van der Waals surface area (Å²) >= 11 is 0. The first-order chi connectivity index (χ1) is 10.5. The molecule has 0 radical (unpaired) electrons. The fourth-order valence-corrected chi connectivity index (χ4v) is 2.25. The van der Waals surface area contributed by atoms with Crippen LogP contribution in [0.2, 0.25) is 0 Å². The maximum atomic E-state index is 5.78. The molecule has 0 bridgehead atoms. The molecule has 0 N–H and O–H groups in total. The van der Waals surface area contributed by atoms with Crippen LogP contribution in [0.1, 0.15) is 31.9 Å². The minimum atomic E-state index is 0.0597. The van der Waals surface area contributed by atoms with Gasteiger partial charge >= 0.3 is 0 Å². The molecular formula is C20H25NO. The van der Waals surface area contributed by atoms with Gasteiger partial charge in [0.2, 0.25) is 0 Å². The Balaban J connectivity index is 1.93. The number of nitrogens with zero attached hydrogens (tertiary/aromatic N) is 1. The molecule has 1 aliphatic heterocycles. The number of ether oxygens (including phenoxy) is 1. The van der Waals surface area contributed by atoms with Crippen LogP contribution in [-0.2, 0) is 6.54 Å². The van der Waals surface area contributed by atoms with Crippen LogP contribution in [0.3, 0.4) is 0 Å². The lowest BCUT2D eigenvalue weighted by Gasteiger charge is -2.20. The van der Waals surface area contributed by atoms with Crippen LogP contribution in [0, 0.1) is 17.3 Å². The minimum absolute atomic E-state index is 0.0597. The van der Waals surface area contributed by atoms with Gasteiger partial charge in [-0.15, -0.1) is 0 Å². The van der Waals surface area contributed by atoms with Gasteiger partial charge < -0.3 is 4.74 Å². The Labute approximate surface area is 134 Å². The molecule has 0 unspecified atom stereocenters. The predicted octanol–water partition coefficient (Wildman–Crippen LogP) is 4.13. The number of allylic oxidation sites excluding steroid dienone is 1. The second kappa shape index (κ2) is 7.33. The third-order valence-electron chi connectivity index (χ3n) is 3.25. The molecule has 22 heavy (non-hydrogen) atoms. The molecule has 1 aromatic rings. The maximum absolute atomic E-state index is 5.78. The third kappa shape index (κ3) is 5.09. The van der Waals surface area contributed by atoms with Gasteiger partial charge in [0.15, 0.2) is 0 Å². The van der Waals surface area contributed by atoms with Crippen molar-refractivity contribution in [3.05, 3.63) is 47.6 Å². The first kappa shape index (κ1) is 16.4. The van der Waals surface area contributed by atoms with E-state index in [2.05, 4.69) is 74.9 Å². The number of para-hydroxylation sites is 1. The average molecular weight is 295 g/mol. The first-order valence-corrected chi connectivity index (χ1v) is 7.73. The van der Waals surface area contributed by atoms with Crippen LogP contribution in [0.4, 0.5) is 0 Å². The monoisotopic (exact) mass is 295 g/mol. The van der Waals surface area contributed by atoms with Crippen LogP contribution < -0.4 is 4.74 Å². The second-order valence-electron chi connectivity index (χ2n) is 6.67. The molecule has 2 heteroatoms. The van der Waals surface area contributed by atoms with Gasteiger partial charge in [0.25, 0.3) is 0 Å². The van der Waals surface area contributed by atoms with Crippen molar-refractivity contribution < 1.29 is 4.74 Å². The molecule has 1 aliphatic rings. The Morgan fingerprint density at radius 3 is 2.91 bits per heavy atom. The van der Waals surface area contributed by atoms with Gasteiger partial charge in [-0.25, -0.2) is 0 Å². The molecule has 0 fully saturated rings. The Morgan fingerprint density at radius 1 is 1.32 bits per heavy atom. The molecule has 0 aliphatic carbocycles. The molecule has 0 atom stereocenters. The van der Waals surface area contributed by atoms with E-state index in [9.17, 15) is 0 Å². The van der Waals surface area contributed by atoms with E-state index in [0.717, 1.165) is 18.8 Å². The lowest BCUT2D eigenvalue weighted by atomic mass is 9.98. The number of rotatable bonds is 4. The zero-order chi connectivity index (χ0) is 16.0. The molecule has 0 amide bonds. The summed E-state index contributed by atoms with van der Waals surface area (Å²) in [5.41, 5.74) is 2.46. The lowest BCUT2D eigenvalue weighted by Crippen LogP contribution is -2.18. The lowest BCUT2D eigenvalue weighted by molar-refractivity contribution is 0.327. The van der Waals surface area contributed by atoms with E-state index in [1.165, 1.54) is 11.1 Å². The summed E-state index contributed by atoms with van der Waals surface area (Å²) in [7, 11) is 2.11. The number of hydrogen-bond donors (Lipinski definition) is 0. The standard InChI is InChI=1S/C20H25NO/c1-20(2,3)13-6-5-7-14-21(4)16-18-11-8-10-17-12-9-15-22-19(17)18/h5,7-12H,14-16H2,1-4H3/b7-5+. The first-order valence-electron chi connectivity index (χ1n) is 7.73. The fraction of sp³-hybridized carbons (Fsp3) is 0.400. The molecule has 2 rings (SSSR count). The van der Waals surface area contributed by atoms with Gasteiger partial charge in [-0.3, -0.25) is 4.90 Å². The number of hydrogen-bond acceptors (Lipinski definition) is 2. The van der Waals surface area contributed by atoms with Gasteiger partial charge in [-0.2, -0.15) is 0 Å². The zero-order valence-corrected chi connectivity index (χ0v) is 14.0. The summed E-state index contributed by atoms with van der Waals surface area (Å²) in [6.07, 6.45) is 8.23. The van der Waals surface area contributed by atoms with E-state index in [4.69, 9.17) is 4.74 Å². The van der Waals surface area contributed by atoms with Gasteiger partial charge in [-0.1, -0.05) is 42.2 Å². The molecule has 0 saturated carbocycles. The van der Waals surface area contributed by atoms with E-state index in [1.807, 2.05) is 12.2 Å². The fourth-order valence-electron chi connectivity index (χ4n) is 2.25. The Bertz CT molecular complexity index is 623. The van der Waals surface area contributed by atoms with Crippen molar-refractivity contribution in [3.8, 4) is 17.6 Å². The van der Waals surface area contributed by atoms with Crippen molar-refractivity contribution in [1.29, 1.82) is 0 Å². The van der Waals surface area contributed by atoms with Gasteiger partial charge in [0.05, 0.1) is 0 Å². The highest BCUT2D eigenvalue weighted by molar-refractivity contribution is 5.61. The molecule has 116 valence electrons. The molecule has 0 saturated heterocycles. The highest BCUT2D eigenvalue weighted by Crippen LogP contribution is 2.28. The summed E-state index contributed by atoms with van der Waals surface area (Å²) in [6, 6.07) is 6.32. The van der Waals surface area contributed by atoms with Crippen molar-refractivity contribution in [2.75, 3.05) is 20.2 Å². The third-order valence-corrected chi connectivity index (χ3v) is 3.25. The van der Waals surface area contributed by atoms with E-state index in [-0.39, 0.29) is 5.41 Å². The molecule has 0 aromatic heterocycles. The Kier molecular flexibility index (Phi) is 5.46. The van der Waals surface area contributed by atoms with Crippen LogP contribution in [0.5, 0.6) is 5.75 Å². The molecule has 2 nitrogen and oxygen atoms in total. The van der Waals surface area contributed by atoms with E-state index < -0.39 is 0 Å². The van der Waals surface area contributed by atoms with Crippen molar-refractivity contribution >= 4 is 6.08 Å². The smallest absolute Gasteiger partial charge is 0.131 e. The topological polar surface area (TPSA) is 12.5 Å². The summed E-state index contributed by atoms with van der Waals surface area (Å²) in [6.45, 7) is 8.76. The Morgan fingerprint density at radius 2 is 2.14 bits per heavy atom. The SMILES string of the molecule is CN(C/C=C/C#CC(C)(C)C)Cc1cccc2c1OCC=C2. The number of fused-ring (bicyclic) bond motifs is 1. The normalized spacial score (nSPS) is 13.7. The van der Waals surface area contributed by atoms with Crippen molar-refractivity contribution in [2.24, 2.45) is 5.41 Å². The van der Waals surface area contributed by atoms with Crippen molar-refractivity contribution in [1.82, 2.24) is 4.90 Å². The second-order valence-corrected chi connectivity index (χ2v) is 6.67. The largest absolute Gasteiger partial charge is 0.489 e. The van der Waals surface area contributed by atoms with Crippen molar-refractivity contribution in [2.45, 2.75) is 27.3 Å². The predicted molar refractivity (Wildman–Crippen MR) is 93.7 cm³/mol. The summed E-state index contributed by atoms with van der Waals surface area (Å²) in [4.78, 5) is 2.26. The van der Waals surface area contributed by atoms with Crippen LogP contribution in [0.25, 0.3) is 6.08 Å². The van der Waals surface area contributed by atoms with Crippen LogP contribution in [-0.4, -0.2) is 25.1 Å². The highest BCUT2D eigenvalue weighted by Gasteiger charge is 2.11. The van der Waals surface area contributed by atoms with Gasteiger partial charge in [0.1, 0.15) is 12.4 Å². The molecule has 0 spiro atoms. The summed E-state index contributed by atoms with van der Waals surface area (Å²) < 4.78 is 5.78.